The normalized spacial score (nSPS) is 16.8. The number of carbonyl (C=O) groups excluding carboxylic acids is 1. The van der Waals surface area contributed by atoms with Crippen molar-refractivity contribution in [2.75, 3.05) is 6.67 Å². The van der Waals surface area contributed by atoms with Gasteiger partial charge in [0.15, 0.2) is 0 Å². The van der Waals surface area contributed by atoms with Crippen LogP contribution in [0.1, 0.15) is 0 Å². The Labute approximate surface area is 62.5 Å². The molecule has 0 bridgehead atoms. The molecule has 8 heteroatoms. The maximum atomic E-state index is 12.3. The van der Waals surface area contributed by atoms with Gasteiger partial charge in [0.1, 0.15) is 6.67 Å². The first-order chi connectivity index (χ1) is 5.29. The first-order valence-electron chi connectivity index (χ1n) is 2.52. The molecule has 0 aromatic heterocycles. The van der Waals surface area contributed by atoms with Crippen LogP contribution in [0.3, 0.4) is 0 Å². The number of rotatable bonds is 2. The van der Waals surface area contributed by atoms with E-state index >= 15 is 0 Å². The van der Waals surface area contributed by atoms with Gasteiger partial charge >= 0.3 is 11.8 Å². The van der Waals surface area contributed by atoms with Gasteiger partial charge < -0.3 is 0 Å². The van der Waals surface area contributed by atoms with Crippen LogP contribution in [0.4, 0.5) is 26.4 Å². The predicted octanol–water partition coefficient (Wildman–Crippen LogP) is 1.23. The monoisotopic (exact) mass is 195 g/mol. The molecule has 0 heterocycles. The van der Waals surface area contributed by atoms with Crippen molar-refractivity contribution in [3.63, 3.8) is 0 Å². The summed E-state index contributed by atoms with van der Waals surface area (Å²) in [4.78, 5) is 9.89. The molecule has 1 amide bonds. The Bertz CT molecular complexity index is 179. The van der Waals surface area contributed by atoms with E-state index in [1.54, 1.807) is 0 Å². The van der Waals surface area contributed by atoms with E-state index in [-0.39, 0.29) is 5.54 Å². The van der Waals surface area contributed by atoms with Crippen LogP contribution in [0, 0.1) is 0 Å². The van der Waals surface area contributed by atoms with Gasteiger partial charge in [-0.05, 0) is 0 Å². The van der Waals surface area contributed by atoms with Crippen LogP contribution in [-0.4, -0.2) is 24.4 Å². The van der Waals surface area contributed by atoms with E-state index in [1.807, 2.05) is 0 Å². The summed E-state index contributed by atoms with van der Waals surface area (Å²) in [6.07, 6.45) is -5.77. The lowest BCUT2D eigenvalue weighted by Gasteiger charge is -2.21. The summed E-state index contributed by atoms with van der Waals surface area (Å²) in [6.45, 7) is -2.66. The lowest BCUT2D eigenvalue weighted by Crippen LogP contribution is -2.53. The summed E-state index contributed by atoms with van der Waals surface area (Å²) in [5.74, 6) is -2.70. The van der Waals surface area contributed by atoms with Gasteiger partial charge in [-0.15, -0.1) is 4.48 Å². The van der Waals surface area contributed by atoms with Crippen molar-refractivity contribution < 1.29 is 31.2 Å². The van der Waals surface area contributed by atoms with Crippen molar-refractivity contribution in [3.05, 3.63) is 0 Å². The number of hydrogen-bond acceptors (Lipinski definition) is 1. The third kappa shape index (κ3) is 1.62. The maximum Gasteiger partial charge on any atom is 0.434 e. The second-order valence-corrected chi connectivity index (χ2v) is 1.86. The molecular formula is C4H3F6NO. The molecule has 0 aromatic carbocycles. The van der Waals surface area contributed by atoms with Gasteiger partial charge in [-0.2, -0.15) is 18.7 Å². The van der Waals surface area contributed by atoms with Crippen LogP contribution in [0.2, 0.25) is 0 Å². The largest absolute Gasteiger partial charge is 0.434 e. The van der Waals surface area contributed by atoms with Crippen molar-refractivity contribution in [2.24, 2.45) is 0 Å². The molecule has 0 aromatic rings. The molecule has 72 valence electrons. The molecule has 0 rings (SSSR count). The minimum Gasteiger partial charge on any atom is -0.268 e. The summed E-state index contributed by atoms with van der Waals surface area (Å²) in [6, 6.07) is 0. The molecule has 0 aliphatic heterocycles. The fraction of sp³-hybridized carbons (Fsp3) is 0.750. The second-order valence-electron chi connectivity index (χ2n) is 1.86. The Morgan fingerprint density at radius 2 is 1.67 bits per heavy atom. The third-order valence-corrected chi connectivity index (χ3v) is 1.08. The van der Waals surface area contributed by atoms with Gasteiger partial charge in [-0.3, -0.25) is 4.79 Å². The highest BCUT2D eigenvalue weighted by molar-refractivity contribution is 5.85. The van der Waals surface area contributed by atoms with E-state index < -0.39 is 24.4 Å². The zero-order chi connectivity index (χ0) is 9.99. The molecule has 2 nitrogen and oxygen atoms in total. The number of nitrogens with one attached hydrogen (secondary N) is 1. The topological polar surface area (TPSA) is 29.1 Å². The maximum absolute atomic E-state index is 12.3. The quantitative estimate of drug-likeness (QED) is 0.521. The number of carbonyl (C=O) groups is 1. The first kappa shape index (κ1) is 11.0. The minimum absolute atomic E-state index is 0.111. The average molecular weight is 195 g/mol. The summed E-state index contributed by atoms with van der Waals surface area (Å²) < 4.78 is 69.3. The Balaban J connectivity index is 4.80. The summed E-state index contributed by atoms with van der Waals surface area (Å²) in [7, 11) is 0. The van der Waals surface area contributed by atoms with Crippen molar-refractivity contribution in [2.45, 2.75) is 11.8 Å². The van der Waals surface area contributed by atoms with Gasteiger partial charge in [0.2, 0.25) is 0 Å². The molecule has 1 N–H and O–H groups in total. The van der Waals surface area contributed by atoms with E-state index in [9.17, 15) is 31.2 Å². The van der Waals surface area contributed by atoms with Crippen LogP contribution < -0.4 is 5.54 Å². The van der Waals surface area contributed by atoms with E-state index in [1.165, 1.54) is 0 Å². The number of amides is 1. The van der Waals surface area contributed by atoms with Crippen LogP contribution >= 0.6 is 0 Å². The fourth-order valence-electron chi connectivity index (χ4n) is 0.340. The highest BCUT2D eigenvalue weighted by atomic mass is 19.4. The second kappa shape index (κ2) is 3.20. The Hall–Kier alpha value is -0.950. The van der Waals surface area contributed by atoms with Crippen LogP contribution in [0.5, 0.6) is 0 Å². The van der Waals surface area contributed by atoms with Gasteiger partial charge in [-0.1, -0.05) is 0 Å². The molecule has 0 aliphatic carbocycles. The zero-order valence-electron chi connectivity index (χ0n) is 5.38. The van der Waals surface area contributed by atoms with Crippen LogP contribution in [0.15, 0.2) is 0 Å². The lowest BCUT2D eigenvalue weighted by molar-refractivity contribution is -0.232. The van der Waals surface area contributed by atoms with Crippen molar-refractivity contribution in [1.29, 1.82) is 0 Å². The van der Waals surface area contributed by atoms with E-state index in [2.05, 4.69) is 0 Å². The molecule has 0 radical (unpaired) electrons. The van der Waals surface area contributed by atoms with E-state index in [4.69, 9.17) is 0 Å². The smallest absolute Gasteiger partial charge is 0.268 e. The molecule has 12 heavy (non-hydrogen) atoms. The Kier molecular flexibility index (Phi) is 2.94. The summed E-state index contributed by atoms with van der Waals surface area (Å²) in [5.41, 5.74) is -4.91. The van der Waals surface area contributed by atoms with Crippen molar-refractivity contribution in [1.82, 2.24) is 5.54 Å². The molecule has 1 atom stereocenters. The van der Waals surface area contributed by atoms with Crippen LogP contribution in [-0.2, 0) is 4.79 Å². The van der Waals surface area contributed by atoms with Crippen molar-refractivity contribution in [3.8, 4) is 0 Å². The van der Waals surface area contributed by atoms with Gasteiger partial charge in [0, 0.05) is 0 Å². The highest BCUT2D eigenvalue weighted by Crippen LogP contribution is 2.34. The SMILES string of the molecule is O=C(NF)C(F)(CF)C(F)(F)F. The van der Waals surface area contributed by atoms with E-state index in [0.29, 0.717) is 0 Å². The molecule has 0 saturated carbocycles. The van der Waals surface area contributed by atoms with Gasteiger partial charge in [0.05, 0.1) is 0 Å². The molecular weight excluding hydrogens is 192 g/mol. The van der Waals surface area contributed by atoms with Crippen LogP contribution in [0.25, 0.3) is 0 Å². The molecule has 0 aliphatic rings. The number of alkyl halides is 5. The third-order valence-electron chi connectivity index (χ3n) is 1.08. The van der Waals surface area contributed by atoms with Gasteiger partial charge in [-0.25, -0.2) is 8.78 Å². The number of hydrogen-bond donors (Lipinski definition) is 1. The average Bonchev–Trinajstić information content (AvgIpc) is 1.99. The fourth-order valence-corrected chi connectivity index (χ4v) is 0.340. The Morgan fingerprint density at radius 1 is 1.25 bits per heavy atom. The molecule has 0 spiro atoms. The van der Waals surface area contributed by atoms with Crippen molar-refractivity contribution >= 4 is 5.91 Å². The zero-order valence-corrected chi connectivity index (χ0v) is 5.38. The van der Waals surface area contributed by atoms with Gasteiger partial charge in [0.25, 0.3) is 5.91 Å². The molecule has 1 unspecified atom stereocenters. The lowest BCUT2D eigenvalue weighted by atomic mass is 10.1. The summed E-state index contributed by atoms with van der Waals surface area (Å²) in [5, 5.41) is 0. The summed E-state index contributed by atoms with van der Waals surface area (Å²) >= 11 is 0. The predicted molar refractivity (Wildman–Crippen MR) is 25.1 cm³/mol. The minimum atomic E-state index is -5.77. The highest BCUT2D eigenvalue weighted by Gasteiger charge is 2.62. The standard InChI is InChI=1S/C4H3F6NO/c5-1-3(6,2(12)11-10)4(7,8)9/h1H2,(H,11,12). The Morgan fingerprint density at radius 3 is 1.75 bits per heavy atom. The molecule has 0 saturated heterocycles. The van der Waals surface area contributed by atoms with E-state index in [0.717, 1.165) is 0 Å². The first-order valence-corrected chi connectivity index (χ1v) is 2.52. The molecule has 0 fully saturated rings. The number of halogens is 6.